The molecule has 3 N–H and O–H groups in total. The van der Waals surface area contributed by atoms with E-state index in [2.05, 4.69) is 10.6 Å². The minimum atomic E-state index is -0.834. The molecule has 1 fully saturated rings. The van der Waals surface area contributed by atoms with Crippen LogP contribution in [-0.4, -0.2) is 23.1 Å². The number of aryl methyl sites for hydroxylation is 1. The van der Waals surface area contributed by atoms with E-state index in [0.29, 0.717) is 6.42 Å². The Labute approximate surface area is 118 Å². The van der Waals surface area contributed by atoms with Crippen LogP contribution in [0.25, 0.3) is 0 Å². The van der Waals surface area contributed by atoms with Crippen molar-refractivity contribution in [2.24, 2.45) is 5.92 Å². The summed E-state index contributed by atoms with van der Waals surface area (Å²) in [6.45, 7) is 3.93. The van der Waals surface area contributed by atoms with Crippen molar-refractivity contribution in [2.75, 3.05) is 5.32 Å². The number of hydrogen-bond acceptors (Lipinski definition) is 2. The van der Waals surface area contributed by atoms with Gasteiger partial charge in [-0.15, -0.1) is 0 Å². The van der Waals surface area contributed by atoms with Crippen molar-refractivity contribution in [1.29, 1.82) is 0 Å². The van der Waals surface area contributed by atoms with Crippen LogP contribution in [0.5, 0.6) is 0 Å². The fraction of sp³-hybridized carbons (Fsp3) is 0.467. The average Bonchev–Trinajstić information content (AvgIpc) is 2.83. The largest absolute Gasteiger partial charge is 0.481 e. The molecule has 2 unspecified atom stereocenters. The van der Waals surface area contributed by atoms with Gasteiger partial charge in [0.05, 0.1) is 5.92 Å². The minimum absolute atomic E-state index is 0.280. The summed E-state index contributed by atoms with van der Waals surface area (Å²) in [5.74, 6) is -1.31. The standard InChI is InChI=1S/C15H20N2O3/c1-9-5-3-7-12(10(9)2)16-15(20)17-13-8-4-6-11(13)14(18)19/h3,5,7,11,13H,4,6,8H2,1-2H3,(H,18,19)(H2,16,17,20). The van der Waals surface area contributed by atoms with Crippen molar-refractivity contribution >= 4 is 17.7 Å². The summed E-state index contributed by atoms with van der Waals surface area (Å²) >= 11 is 0. The van der Waals surface area contributed by atoms with Crippen molar-refractivity contribution in [2.45, 2.75) is 39.2 Å². The molecule has 2 rings (SSSR count). The van der Waals surface area contributed by atoms with Crippen LogP contribution < -0.4 is 10.6 Å². The van der Waals surface area contributed by atoms with Gasteiger partial charge in [0.25, 0.3) is 0 Å². The van der Waals surface area contributed by atoms with Crippen LogP contribution in [0.15, 0.2) is 18.2 Å². The van der Waals surface area contributed by atoms with Crippen LogP contribution in [-0.2, 0) is 4.79 Å². The highest BCUT2D eigenvalue weighted by atomic mass is 16.4. The molecule has 1 aliphatic carbocycles. The molecule has 0 aromatic heterocycles. The summed E-state index contributed by atoms with van der Waals surface area (Å²) in [5, 5.41) is 14.7. The molecule has 1 saturated carbocycles. The lowest BCUT2D eigenvalue weighted by molar-refractivity contribution is -0.142. The third-order valence-electron chi connectivity index (χ3n) is 4.00. The van der Waals surface area contributed by atoms with Crippen LogP contribution in [0, 0.1) is 19.8 Å². The van der Waals surface area contributed by atoms with E-state index < -0.39 is 11.9 Å². The second-order valence-electron chi connectivity index (χ2n) is 5.33. The van der Waals surface area contributed by atoms with Crippen molar-refractivity contribution in [3.63, 3.8) is 0 Å². The molecule has 0 saturated heterocycles. The molecule has 5 heteroatoms. The molecule has 1 aliphatic rings. The molecule has 0 bridgehead atoms. The van der Waals surface area contributed by atoms with Gasteiger partial charge >= 0.3 is 12.0 Å². The monoisotopic (exact) mass is 276 g/mol. The zero-order valence-electron chi connectivity index (χ0n) is 11.8. The van der Waals surface area contributed by atoms with Crippen molar-refractivity contribution in [1.82, 2.24) is 5.32 Å². The van der Waals surface area contributed by atoms with E-state index in [0.717, 1.165) is 29.7 Å². The SMILES string of the molecule is Cc1cccc(NC(=O)NC2CCCC2C(=O)O)c1C. The first kappa shape index (κ1) is 14.4. The maximum atomic E-state index is 12.0. The lowest BCUT2D eigenvalue weighted by atomic mass is 10.0. The van der Waals surface area contributed by atoms with E-state index in [1.165, 1.54) is 0 Å². The highest BCUT2D eigenvalue weighted by molar-refractivity contribution is 5.90. The third kappa shape index (κ3) is 3.10. The van der Waals surface area contributed by atoms with Crippen molar-refractivity contribution < 1.29 is 14.7 Å². The summed E-state index contributed by atoms with van der Waals surface area (Å²) in [7, 11) is 0. The predicted octanol–water partition coefficient (Wildman–Crippen LogP) is 2.68. The topological polar surface area (TPSA) is 78.4 Å². The zero-order chi connectivity index (χ0) is 14.7. The lowest BCUT2D eigenvalue weighted by Gasteiger charge is -2.18. The first-order valence-electron chi connectivity index (χ1n) is 6.85. The Morgan fingerprint density at radius 3 is 2.70 bits per heavy atom. The number of nitrogens with one attached hydrogen (secondary N) is 2. The zero-order valence-corrected chi connectivity index (χ0v) is 11.8. The fourth-order valence-corrected chi connectivity index (χ4v) is 2.64. The maximum absolute atomic E-state index is 12.0. The second-order valence-corrected chi connectivity index (χ2v) is 5.33. The van der Waals surface area contributed by atoms with E-state index >= 15 is 0 Å². The predicted molar refractivity (Wildman–Crippen MR) is 76.8 cm³/mol. The molecule has 0 spiro atoms. The van der Waals surface area contributed by atoms with Gasteiger partial charge in [-0.25, -0.2) is 4.79 Å². The highest BCUT2D eigenvalue weighted by Gasteiger charge is 2.33. The Hall–Kier alpha value is -2.04. The van der Waals surface area contributed by atoms with Gasteiger partial charge in [-0.3, -0.25) is 4.79 Å². The lowest BCUT2D eigenvalue weighted by Crippen LogP contribution is -2.42. The molecule has 2 amide bonds. The van der Waals surface area contributed by atoms with E-state index in [1.807, 2.05) is 32.0 Å². The Balaban J connectivity index is 1.99. The molecule has 5 nitrogen and oxygen atoms in total. The third-order valence-corrected chi connectivity index (χ3v) is 4.00. The minimum Gasteiger partial charge on any atom is -0.481 e. The quantitative estimate of drug-likeness (QED) is 0.794. The Kier molecular flexibility index (Phi) is 4.27. The Bertz CT molecular complexity index is 528. The Morgan fingerprint density at radius 2 is 2.00 bits per heavy atom. The smallest absolute Gasteiger partial charge is 0.319 e. The molecule has 2 atom stereocenters. The number of amides is 2. The van der Waals surface area contributed by atoms with Gasteiger partial charge in [-0.1, -0.05) is 18.6 Å². The van der Waals surface area contributed by atoms with E-state index in [9.17, 15) is 9.59 Å². The summed E-state index contributed by atoms with van der Waals surface area (Å²) in [6, 6.07) is 5.09. The van der Waals surface area contributed by atoms with Crippen molar-refractivity contribution in [3.8, 4) is 0 Å². The molecule has 0 aliphatic heterocycles. The number of carboxylic acids is 1. The number of benzene rings is 1. The fourth-order valence-electron chi connectivity index (χ4n) is 2.64. The molecule has 0 radical (unpaired) electrons. The van der Waals surface area contributed by atoms with Crippen LogP contribution >= 0.6 is 0 Å². The number of anilines is 1. The Morgan fingerprint density at radius 1 is 1.25 bits per heavy atom. The molecular weight excluding hydrogens is 256 g/mol. The normalized spacial score (nSPS) is 21.5. The number of carboxylic acid groups (broad SMARTS) is 1. The van der Waals surface area contributed by atoms with Gasteiger partial charge in [0.2, 0.25) is 0 Å². The van der Waals surface area contributed by atoms with E-state index in [1.54, 1.807) is 0 Å². The number of aliphatic carboxylic acids is 1. The number of hydrogen-bond donors (Lipinski definition) is 3. The van der Waals surface area contributed by atoms with Crippen LogP contribution in [0.4, 0.5) is 10.5 Å². The number of carbonyl (C=O) groups excluding carboxylic acids is 1. The van der Waals surface area contributed by atoms with Gasteiger partial charge in [0.15, 0.2) is 0 Å². The van der Waals surface area contributed by atoms with Crippen molar-refractivity contribution in [3.05, 3.63) is 29.3 Å². The molecule has 1 aromatic carbocycles. The first-order chi connectivity index (χ1) is 9.49. The van der Waals surface area contributed by atoms with Gasteiger partial charge in [-0.2, -0.15) is 0 Å². The maximum Gasteiger partial charge on any atom is 0.319 e. The number of rotatable bonds is 3. The molecule has 0 heterocycles. The average molecular weight is 276 g/mol. The van der Waals surface area contributed by atoms with Crippen LogP contribution in [0.1, 0.15) is 30.4 Å². The van der Waals surface area contributed by atoms with Gasteiger partial charge in [0.1, 0.15) is 0 Å². The van der Waals surface area contributed by atoms with E-state index in [4.69, 9.17) is 5.11 Å². The molecular formula is C15H20N2O3. The molecule has 20 heavy (non-hydrogen) atoms. The summed E-state index contributed by atoms with van der Waals surface area (Å²) < 4.78 is 0. The number of carbonyl (C=O) groups is 2. The van der Waals surface area contributed by atoms with Crippen LogP contribution in [0.2, 0.25) is 0 Å². The van der Waals surface area contributed by atoms with Gasteiger partial charge in [-0.05, 0) is 43.9 Å². The van der Waals surface area contributed by atoms with E-state index in [-0.39, 0.29) is 12.1 Å². The van der Waals surface area contributed by atoms with Gasteiger partial charge in [0, 0.05) is 11.7 Å². The van der Waals surface area contributed by atoms with Crippen LogP contribution in [0.3, 0.4) is 0 Å². The number of urea groups is 1. The highest BCUT2D eigenvalue weighted by Crippen LogP contribution is 2.26. The molecule has 108 valence electrons. The summed E-state index contributed by atoms with van der Waals surface area (Å²) in [6.07, 6.45) is 2.19. The summed E-state index contributed by atoms with van der Waals surface area (Å²) in [5.41, 5.74) is 2.88. The van der Waals surface area contributed by atoms with Gasteiger partial charge < -0.3 is 15.7 Å². The second kappa shape index (κ2) is 5.94. The first-order valence-corrected chi connectivity index (χ1v) is 6.85. The summed E-state index contributed by atoms with van der Waals surface area (Å²) in [4.78, 5) is 23.1. The molecule has 1 aromatic rings.